The van der Waals surface area contributed by atoms with Gasteiger partial charge in [0.25, 0.3) is 0 Å². The Morgan fingerprint density at radius 2 is 1.29 bits per heavy atom. The molecule has 0 saturated carbocycles. The van der Waals surface area contributed by atoms with Crippen LogP contribution >= 0.6 is 0 Å². The van der Waals surface area contributed by atoms with Gasteiger partial charge >= 0.3 is 18.5 Å². The van der Waals surface area contributed by atoms with Gasteiger partial charge in [0.1, 0.15) is 5.52 Å². The highest BCUT2D eigenvalue weighted by Gasteiger charge is 2.39. The average Bonchev–Trinajstić information content (AvgIpc) is 2.93. The van der Waals surface area contributed by atoms with Crippen LogP contribution in [0.15, 0.2) is 36.4 Å². The number of fused-ring (bicyclic) bond motifs is 1. The van der Waals surface area contributed by atoms with Crippen LogP contribution in [0.25, 0.3) is 11.0 Å². The summed E-state index contributed by atoms with van der Waals surface area (Å²) in [5, 5.41) is 2.43. The Balaban J connectivity index is 2.02. The first kappa shape index (κ1) is 19.8. The van der Waals surface area contributed by atoms with Crippen molar-refractivity contribution in [3.8, 4) is 0 Å². The van der Waals surface area contributed by atoms with Crippen molar-refractivity contribution < 1.29 is 39.5 Å². The fraction of sp³-hybridized carbons (Fsp3) is 0.188. The van der Waals surface area contributed by atoms with Crippen LogP contribution in [-0.4, -0.2) is 9.97 Å². The van der Waals surface area contributed by atoms with E-state index in [1.165, 1.54) is 0 Å². The van der Waals surface area contributed by atoms with Crippen molar-refractivity contribution in [1.82, 2.24) is 9.97 Å². The molecule has 2 aromatic carbocycles. The maximum Gasteiger partial charge on any atom is 0.418 e. The second kappa shape index (κ2) is 6.31. The molecule has 3 aromatic rings. The zero-order chi connectivity index (χ0) is 20.9. The number of H-pyrrole nitrogens is 1. The molecule has 0 bridgehead atoms. The molecular formula is C16H8F9N3. The van der Waals surface area contributed by atoms with Gasteiger partial charge in [0, 0.05) is 5.69 Å². The molecule has 0 fully saturated rings. The highest BCUT2D eigenvalue weighted by molar-refractivity contribution is 5.83. The lowest BCUT2D eigenvalue weighted by Gasteiger charge is -2.11. The van der Waals surface area contributed by atoms with Crippen LogP contribution in [0.1, 0.15) is 16.7 Å². The third-order valence-corrected chi connectivity index (χ3v) is 3.69. The smallest absolute Gasteiger partial charge is 0.326 e. The Bertz CT molecular complexity index is 996. The predicted molar refractivity (Wildman–Crippen MR) is 80.8 cm³/mol. The molecule has 0 radical (unpaired) electrons. The lowest BCUT2D eigenvalue weighted by atomic mass is 10.1. The Labute approximate surface area is 150 Å². The van der Waals surface area contributed by atoms with Crippen molar-refractivity contribution in [2.45, 2.75) is 18.5 Å². The molecular weight excluding hydrogens is 405 g/mol. The number of nitrogens with one attached hydrogen (secondary N) is 2. The Kier molecular flexibility index (Phi) is 4.47. The van der Waals surface area contributed by atoms with Crippen molar-refractivity contribution in [2.24, 2.45) is 0 Å². The van der Waals surface area contributed by atoms with Gasteiger partial charge in [-0.2, -0.15) is 39.5 Å². The topological polar surface area (TPSA) is 40.7 Å². The Morgan fingerprint density at radius 1 is 0.714 bits per heavy atom. The summed E-state index contributed by atoms with van der Waals surface area (Å²) < 4.78 is 116. The molecule has 0 atom stereocenters. The van der Waals surface area contributed by atoms with E-state index in [-0.39, 0.29) is 17.7 Å². The standard InChI is InChI=1S/C16H8F9N3/c17-14(18,19)7-1-3-9(4-2-7)26-13-27-11-6-8(15(20,21)22)5-10(12(11)28-13)16(23,24)25/h1-6H,(H2,26,27,28). The van der Waals surface area contributed by atoms with Crippen molar-refractivity contribution >= 4 is 22.7 Å². The van der Waals surface area contributed by atoms with Crippen LogP contribution < -0.4 is 5.32 Å². The molecule has 3 nitrogen and oxygen atoms in total. The SMILES string of the molecule is FC(F)(F)c1ccc(Nc2nc3c(C(F)(F)F)cc(C(F)(F)F)cc3[nH]2)cc1. The van der Waals surface area contributed by atoms with Crippen molar-refractivity contribution in [3.05, 3.63) is 53.1 Å². The molecule has 0 aliphatic carbocycles. The van der Waals surface area contributed by atoms with Gasteiger partial charge in [0.2, 0.25) is 5.95 Å². The van der Waals surface area contributed by atoms with E-state index in [2.05, 4.69) is 15.3 Å². The number of alkyl halides is 9. The van der Waals surface area contributed by atoms with E-state index in [0.29, 0.717) is 6.07 Å². The number of anilines is 2. The van der Waals surface area contributed by atoms with Gasteiger partial charge in [-0.3, -0.25) is 0 Å². The van der Waals surface area contributed by atoms with Gasteiger partial charge in [-0.25, -0.2) is 4.98 Å². The molecule has 28 heavy (non-hydrogen) atoms. The number of hydrogen-bond donors (Lipinski definition) is 2. The fourth-order valence-electron chi connectivity index (χ4n) is 2.44. The fourth-order valence-corrected chi connectivity index (χ4v) is 2.44. The monoisotopic (exact) mass is 413 g/mol. The van der Waals surface area contributed by atoms with Gasteiger partial charge in [0.15, 0.2) is 0 Å². The second-order valence-corrected chi connectivity index (χ2v) is 5.70. The van der Waals surface area contributed by atoms with E-state index >= 15 is 0 Å². The average molecular weight is 413 g/mol. The summed E-state index contributed by atoms with van der Waals surface area (Å²) in [5.74, 6) is -0.361. The number of halogens is 9. The van der Waals surface area contributed by atoms with Crippen LogP contribution in [0.5, 0.6) is 0 Å². The summed E-state index contributed by atoms with van der Waals surface area (Å²) in [7, 11) is 0. The molecule has 0 amide bonds. The van der Waals surface area contributed by atoms with E-state index in [1.54, 1.807) is 0 Å². The molecule has 0 saturated heterocycles. The summed E-state index contributed by atoms with van der Waals surface area (Å²) >= 11 is 0. The van der Waals surface area contributed by atoms with Crippen LogP contribution in [0.4, 0.5) is 51.1 Å². The Hall–Kier alpha value is -2.92. The first-order valence-corrected chi connectivity index (χ1v) is 7.37. The molecule has 1 heterocycles. The number of nitrogens with zero attached hydrogens (tertiary/aromatic N) is 1. The molecule has 0 spiro atoms. The normalized spacial score (nSPS) is 13.2. The molecule has 3 rings (SSSR count). The predicted octanol–water partition coefficient (Wildman–Crippen LogP) is 6.36. The highest BCUT2D eigenvalue weighted by atomic mass is 19.4. The largest absolute Gasteiger partial charge is 0.418 e. The van der Waals surface area contributed by atoms with Gasteiger partial charge in [0.05, 0.1) is 22.2 Å². The zero-order valence-corrected chi connectivity index (χ0v) is 13.3. The number of aromatic amines is 1. The van der Waals surface area contributed by atoms with E-state index in [0.717, 1.165) is 24.3 Å². The molecule has 150 valence electrons. The summed E-state index contributed by atoms with van der Waals surface area (Å²) in [6, 6.07) is 3.88. The van der Waals surface area contributed by atoms with E-state index in [1.807, 2.05) is 0 Å². The number of rotatable bonds is 2. The zero-order valence-electron chi connectivity index (χ0n) is 13.3. The number of aromatic nitrogens is 2. The quantitative estimate of drug-likeness (QED) is 0.480. The van der Waals surface area contributed by atoms with Gasteiger partial charge in [-0.05, 0) is 36.4 Å². The third kappa shape index (κ3) is 3.99. The molecule has 0 unspecified atom stereocenters. The minimum atomic E-state index is -5.10. The Morgan fingerprint density at radius 3 is 1.79 bits per heavy atom. The molecule has 0 aliphatic rings. The van der Waals surface area contributed by atoms with Crippen LogP contribution in [0.2, 0.25) is 0 Å². The summed E-state index contributed by atoms with van der Waals surface area (Å²) in [6.07, 6.45) is -14.7. The summed E-state index contributed by atoms with van der Waals surface area (Å²) in [4.78, 5) is 5.86. The number of benzene rings is 2. The molecule has 12 heteroatoms. The van der Waals surface area contributed by atoms with Crippen LogP contribution in [0.3, 0.4) is 0 Å². The third-order valence-electron chi connectivity index (χ3n) is 3.69. The van der Waals surface area contributed by atoms with E-state index in [9.17, 15) is 39.5 Å². The van der Waals surface area contributed by atoms with E-state index < -0.39 is 46.3 Å². The first-order chi connectivity index (χ1) is 12.7. The number of hydrogen-bond acceptors (Lipinski definition) is 2. The molecule has 2 N–H and O–H groups in total. The van der Waals surface area contributed by atoms with Crippen molar-refractivity contribution in [3.63, 3.8) is 0 Å². The van der Waals surface area contributed by atoms with Gasteiger partial charge in [-0.1, -0.05) is 0 Å². The van der Waals surface area contributed by atoms with Gasteiger partial charge < -0.3 is 10.3 Å². The maximum atomic E-state index is 13.1. The minimum Gasteiger partial charge on any atom is -0.326 e. The number of imidazole rings is 1. The van der Waals surface area contributed by atoms with E-state index in [4.69, 9.17) is 0 Å². The summed E-state index contributed by atoms with van der Waals surface area (Å²) in [5.41, 5.74) is -5.30. The first-order valence-electron chi connectivity index (χ1n) is 7.37. The second-order valence-electron chi connectivity index (χ2n) is 5.70. The lowest BCUT2D eigenvalue weighted by molar-refractivity contribution is -0.142. The van der Waals surface area contributed by atoms with Crippen molar-refractivity contribution in [1.29, 1.82) is 0 Å². The summed E-state index contributed by atoms with van der Waals surface area (Å²) in [6.45, 7) is 0. The van der Waals surface area contributed by atoms with Crippen molar-refractivity contribution in [2.75, 3.05) is 5.32 Å². The lowest BCUT2D eigenvalue weighted by Crippen LogP contribution is -2.11. The minimum absolute atomic E-state index is 0.0386. The van der Waals surface area contributed by atoms with Gasteiger partial charge in [-0.15, -0.1) is 0 Å². The van der Waals surface area contributed by atoms with Crippen LogP contribution in [-0.2, 0) is 18.5 Å². The molecule has 0 aliphatic heterocycles. The highest BCUT2D eigenvalue weighted by Crippen LogP contribution is 2.40. The maximum absolute atomic E-state index is 13.1. The molecule has 1 aromatic heterocycles. The van der Waals surface area contributed by atoms with Crippen LogP contribution in [0, 0.1) is 0 Å².